The lowest BCUT2D eigenvalue weighted by molar-refractivity contribution is 0.0939. The average Bonchev–Trinajstić information content (AvgIpc) is 2.66. The standard InChI is InChI=1S/C19H20FN3O3/c1-12(21-18(24)13-5-7-14(20)8-6-13)15-9-10-17-16(22-15)4-3-11-23(17)19(25)26-2/h5-10,12H,3-4,11H2,1-2H3,(H,21,24)/t12-/m1/s1. The Labute approximate surface area is 151 Å². The topological polar surface area (TPSA) is 71.5 Å². The number of carbonyl (C=O) groups excluding carboxylic acids is 2. The number of hydrogen-bond donors (Lipinski definition) is 1. The van der Waals surface area contributed by atoms with E-state index in [1.54, 1.807) is 11.0 Å². The maximum absolute atomic E-state index is 13.0. The van der Waals surface area contributed by atoms with Crippen molar-refractivity contribution in [2.75, 3.05) is 18.6 Å². The van der Waals surface area contributed by atoms with Crippen LogP contribution in [0.25, 0.3) is 0 Å². The van der Waals surface area contributed by atoms with Gasteiger partial charge in [0.2, 0.25) is 0 Å². The number of carbonyl (C=O) groups is 2. The maximum atomic E-state index is 13.0. The van der Waals surface area contributed by atoms with Crippen molar-refractivity contribution in [1.29, 1.82) is 0 Å². The molecule has 2 heterocycles. The van der Waals surface area contributed by atoms with Gasteiger partial charge in [0, 0.05) is 12.1 Å². The highest BCUT2D eigenvalue weighted by Gasteiger charge is 2.25. The number of amides is 2. The Morgan fingerprint density at radius 1 is 1.23 bits per heavy atom. The number of nitrogens with one attached hydrogen (secondary N) is 1. The molecule has 26 heavy (non-hydrogen) atoms. The summed E-state index contributed by atoms with van der Waals surface area (Å²) in [5.41, 5.74) is 2.63. The van der Waals surface area contributed by atoms with E-state index in [0.717, 1.165) is 24.2 Å². The number of pyridine rings is 1. The van der Waals surface area contributed by atoms with Crippen molar-refractivity contribution < 1.29 is 18.7 Å². The summed E-state index contributed by atoms with van der Waals surface area (Å²) in [5.74, 6) is -0.686. The minimum Gasteiger partial charge on any atom is -0.452 e. The minimum absolute atomic E-state index is 0.298. The summed E-state index contributed by atoms with van der Waals surface area (Å²) in [7, 11) is 1.35. The molecule has 0 aliphatic carbocycles. The second-order valence-electron chi connectivity index (χ2n) is 6.13. The van der Waals surface area contributed by atoms with Crippen molar-refractivity contribution >= 4 is 17.7 Å². The third-order valence-corrected chi connectivity index (χ3v) is 4.35. The van der Waals surface area contributed by atoms with E-state index in [0.29, 0.717) is 17.8 Å². The van der Waals surface area contributed by atoms with Crippen LogP contribution in [-0.2, 0) is 11.2 Å². The first-order chi connectivity index (χ1) is 12.5. The highest BCUT2D eigenvalue weighted by molar-refractivity contribution is 5.94. The molecule has 7 heteroatoms. The van der Waals surface area contributed by atoms with Gasteiger partial charge in [-0.15, -0.1) is 0 Å². The molecule has 1 aromatic carbocycles. The number of halogens is 1. The molecule has 136 valence electrons. The first-order valence-corrected chi connectivity index (χ1v) is 8.41. The van der Waals surface area contributed by atoms with Crippen LogP contribution in [0.4, 0.5) is 14.9 Å². The van der Waals surface area contributed by atoms with Crippen LogP contribution in [0.2, 0.25) is 0 Å². The van der Waals surface area contributed by atoms with Crippen molar-refractivity contribution in [3.05, 3.63) is 59.2 Å². The summed E-state index contributed by atoms with van der Waals surface area (Å²) < 4.78 is 17.8. The zero-order valence-corrected chi connectivity index (χ0v) is 14.7. The van der Waals surface area contributed by atoms with E-state index < -0.39 is 6.09 Å². The van der Waals surface area contributed by atoms with Crippen LogP contribution in [0.15, 0.2) is 36.4 Å². The molecular formula is C19H20FN3O3. The number of aryl methyl sites for hydroxylation is 1. The Bertz CT molecular complexity index is 823. The second-order valence-corrected chi connectivity index (χ2v) is 6.13. The van der Waals surface area contributed by atoms with E-state index in [1.807, 2.05) is 13.0 Å². The van der Waals surface area contributed by atoms with E-state index in [-0.39, 0.29) is 17.8 Å². The zero-order chi connectivity index (χ0) is 18.7. The van der Waals surface area contributed by atoms with Crippen LogP contribution in [0.3, 0.4) is 0 Å². The van der Waals surface area contributed by atoms with Crippen LogP contribution >= 0.6 is 0 Å². The summed E-state index contributed by atoms with van der Waals surface area (Å²) in [5, 5.41) is 2.85. The highest BCUT2D eigenvalue weighted by Crippen LogP contribution is 2.27. The third kappa shape index (κ3) is 3.66. The van der Waals surface area contributed by atoms with Crippen molar-refractivity contribution in [1.82, 2.24) is 10.3 Å². The molecule has 0 fully saturated rings. The zero-order valence-electron chi connectivity index (χ0n) is 14.7. The number of anilines is 1. The average molecular weight is 357 g/mol. The lowest BCUT2D eigenvalue weighted by Crippen LogP contribution is -2.36. The normalized spacial score (nSPS) is 14.3. The number of aromatic nitrogens is 1. The molecule has 0 saturated carbocycles. The Morgan fingerprint density at radius 2 is 1.96 bits per heavy atom. The molecule has 1 aromatic heterocycles. The van der Waals surface area contributed by atoms with Crippen LogP contribution < -0.4 is 10.2 Å². The van der Waals surface area contributed by atoms with Gasteiger partial charge in [0.1, 0.15) is 5.82 Å². The molecule has 0 radical (unpaired) electrons. The van der Waals surface area contributed by atoms with Crippen molar-refractivity contribution in [2.45, 2.75) is 25.8 Å². The van der Waals surface area contributed by atoms with Gasteiger partial charge in [-0.05, 0) is 56.2 Å². The Balaban J connectivity index is 1.76. The van der Waals surface area contributed by atoms with E-state index >= 15 is 0 Å². The quantitative estimate of drug-likeness (QED) is 0.915. The van der Waals surface area contributed by atoms with E-state index in [1.165, 1.54) is 31.4 Å². The Kier molecular flexibility index (Phi) is 5.16. The minimum atomic E-state index is -0.404. The number of methoxy groups -OCH3 is 1. The lowest BCUT2D eigenvalue weighted by atomic mass is 10.1. The SMILES string of the molecule is COC(=O)N1CCCc2nc([C@@H](C)NC(=O)c3ccc(F)cc3)ccc21. The molecular weight excluding hydrogens is 337 g/mol. The molecule has 0 unspecified atom stereocenters. The number of hydrogen-bond acceptors (Lipinski definition) is 4. The van der Waals surface area contributed by atoms with E-state index in [2.05, 4.69) is 10.3 Å². The molecule has 1 N–H and O–H groups in total. The summed E-state index contributed by atoms with van der Waals surface area (Å²) >= 11 is 0. The van der Waals surface area contributed by atoms with Crippen LogP contribution in [0, 0.1) is 5.82 Å². The van der Waals surface area contributed by atoms with E-state index in [9.17, 15) is 14.0 Å². The number of nitrogens with zero attached hydrogens (tertiary/aromatic N) is 2. The number of fused-ring (bicyclic) bond motifs is 1. The fourth-order valence-corrected chi connectivity index (χ4v) is 2.96. The van der Waals surface area contributed by atoms with Crippen LogP contribution in [0.5, 0.6) is 0 Å². The first-order valence-electron chi connectivity index (χ1n) is 8.41. The molecule has 1 aliphatic heterocycles. The molecule has 1 atom stereocenters. The van der Waals surface area contributed by atoms with E-state index in [4.69, 9.17) is 4.74 Å². The van der Waals surface area contributed by atoms with Crippen molar-refractivity contribution in [3.63, 3.8) is 0 Å². The van der Waals surface area contributed by atoms with Gasteiger partial charge in [-0.25, -0.2) is 9.18 Å². The molecule has 0 bridgehead atoms. The number of rotatable bonds is 3. The molecule has 2 aromatic rings. The smallest absolute Gasteiger partial charge is 0.414 e. The number of benzene rings is 1. The lowest BCUT2D eigenvalue weighted by Gasteiger charge is -2.28. The van der Waals surface area contributed by atoms with Gasteiger partial charge in [-0.3, -0.25) is 14.7 Å². The van der Waals surface area contributed by atoms with Gasteiger partial charge in [0.15, 0.2) is 0 Å². The van der Waals surface area contributed by atoms with Gasteiger partial charge in [-0.1, -0.05) is 0 Å². The Morgan fingerprint density at radius 3 is 2.65 bits per heavy atom. The van der Waals surface area contributed by atoms with Gasteiger partial charge in [0.25, 0.3) is 5.91 Å². The first kappa shape index (κ1) is 17.8. The molecule has 6 nitrogen and oxygen atoms in total. The summed E-state index contributed by atoms with van der Waals surface area (Å²) in [6, 6.07) is 8.66. The van der Waals surface area contributed by atoms with Gasteiger partial charge in [-0.2, -0.15) is 0 Å². The third-order valence-electron chi connectivity index (χ3n) is 4.35. The number of ether oxygens (including phenoxy) is 1. The van der Waals surface area contributed by atoms with Crippen LogP contribution in [0.1, 0.15) is 41.1 Å². The summed E-state index contributed by atoms with van der Waals surface area (Å²) in [6.07, 6.45) is 1.16. The van der Waals surface area contributed by atoms with Crippen molar-refractivity contribution in [3.8, 4) is 0 Å². The molecule has 1 aliphatic rings. The summed E-state index contributed by atoms with van der Waals surface area (Å²) in [4.78, 5) is 30.3. The highest BCUT2D eigenvalue weighted by atomic mass is 19.1. The summed E-state index contributed by atoms with van der Waals surface area (Å²) in [6.45, 7) is 2.43. The molecule has 0 saturated heterocycles. The predicted octanol–water partition coefficient (Wildman–Crippen LogP) is 3.23. The predicted molar refractivity (Wildman–Crippen MR) is 94.6 cm³/mol. The fraction of sp³-hybridized carbons (Fsp3) is 0.316. The molecule has 2 amide bonds. The monoisotopic (exact) mass is 357 g/mol. The molecule has 0 spiro atoms. The van der Waals surface area contributed by atoms with Gasteiger partial charge in [0.05, 0.1) is 30.2 Å². The second kappa shape index (κ2) is 7.51. The molecule has 3 rings (SSSR count). The Hall–Kier alpha value is -2.96. The van der Waals surface area contributed by atoms with Gasteiger partial charge < -0.3 is 10.1 Å². The fourth-order valence-electron chi connectivity index (χ4n) is 2.96. The van der Waals surface area contributed by atoms with Gasteiger partial charge >= 0.3 is 6.09 Å². The largest absolute Gasteiger partial charge is 0.452 e. The maximum Gasteiger partial charge on any atom is 0.414 e. The van der Waals surface area contributed by atoms with Crippen molar-refractivity contribution in [2.24, 2.45) is 0 Å². The van der Waals surface area contributed by atoms with Crippen LogP contribution in [-0.4, -0.2) is 30.6 Å².